The molecule has 0 aliphatic carbocycles. The molecule has 0 aliphatic heterocycles. The second-order valence-electron chi connectivity index (χ2n) is 4.59. The second-order valence-corrected chi connectivity index (χ2v) is 4.59. The zero-order chi connectivity index (χ0) is 15.7. The summed E-state index contributed by atoms with van der Waals surface area (Å²) in [5.74, 6) is -0.723. The Morgan fingerprint density at radius 2 is 2.10 bits per heavy atom. The summed E-state index contributed by atoms with van der Waals surface area (Å²) in [6.45, 7) is 4.64. The lowest BCUT2D eigenvalue weighted by Crippen LogP contribution is -2.34. The maximum absolute atomic E-state index is 13.1. The van der Waals surface area contributed by atoms with Gasteiger partial charge in [0, 0.05) is 13.1 Å². The third-order valence-corrected chi connectivity index (χ3v) is 2.81. The molecule has 0 fully saturated rings. The first kappa shape index (κ1) is 17.1. The van der Waals surface area contributed by atoms with Crippen molar-refractivity contribution in [1.82, 2.24) is 10.6 Å². The molecule has 5 nitrogen and oxygen atoms in total. The van der Waals surface area contributed by atoms with Crippen LogP contribution in [0.1, 0.15) is 24.5 Å². The Labute approximate surface area is 123 Å². The summed E-state index contributed by atoms with van der Waals surface area (Å²) >= 11 is 0. The Kier molecular flexibility index (Phi) is 7.39. The summed E-state index contributed by atoms with van der Waals surface area (Å²) in [6.07, 6.45) is 0.234. The minimum atomic E-state index is -0.285. The predicted octanol–water partition coefficient (Wildman–Crippen LogP) is 1.29. The number of rotatable bonds is 8. The average Bonchev–Trinajstić information content (AvgIpc) is 2.45. The lowest BCUT2D eigenvalue weighted by atomic mass is 10.1. The number of aryl methyl sites for hydroxylation is 1. The maximum atomic E-state index is 13.1. The lowest BCUT2D eigenvalue weighted by molar-refractivity contribution is -0.143. The number of carbonyl (C=O) groups is 2. The SMILES string of the molecule is CCOC(=O)CCNCC(=O)NCc1ccc(F)c(C)c1. The molecule has 2 N–H and O–H groups in total. The molecule has 21 heavy (non-hydrogen) atoms. The molecule has 0 aromatic heterocycles. The number of hydrogen-bond donors (Lipinski definition) is 2. The first-order valence-corrected chi connectivity index (χ1v) is 6.91. The van der Waals surface area contributed by atoms with Crippen LogP contribution in [0, 0.1) is 12.7 Å². The smallest absolute Gasteiger partial charge is 0.307 e. The van der Waals surface area contributed by atoms with Crippen LogP contribution in [-0.4, -0.2) is 31.6 Å². The fourth-order valence-corrected chi connectivity index (χ4v) is 1.71. The largest absolute Gasteiger partial charge is 0.466 e. The van der Waals surface area contributed by atoms with Crippen LogP contribution in [0.3, 0.4) is 0 Å². The van der Waals surface area contributed by atoms with Crippen molar-refractivity contribution in [3.63, 3.8) is 0 Å². The molecule has 1 rings (SSSR count). The van der Waals surface area contributed by atoms with Crippen LogP contribution in [0.15, 0.2) is 18.2 Å². The van der Waals surface area contributed by atoms with Crippen molar-refractivity contribution in [2.24, 2.45) is 0 Å². The van der Waals surface area contributed by atoms with Gasteiger partial charge in [0.2, 0.25) is 5.91 Å². The van der Waals surface area contributed by atoms with Gasteiger partial charge in [-0.05, 0) is 31.0 Å². The van der Waals surface area contributed by atoms with Crippen molar-refractivity contribution < 1.29 is 18.7 Å². The van der Waals surface area contributed by atoms with E-state index in [1.54, 1.807) is 26.0 Å². The number of esters is 1. The summed E-state index contributed by atoms with van der Waals surface area (Å²) < 4.78 is 17.9. The average molecular weight is 296 g/mol. The second kappa shape index (κ2) is 9.07. The van der Waals surface area contributed by atoms with Gasteiger partial charge in [0.25, 0.3) is 0 Å². The minimum absolute atomic E-state index is 0.125. The highest BCUT2D eigenvalue weighted by atomic mass is 19.1. The molecule has 0 heterocycles. The van der Waals surface area contributed by atoms with Crippen molar-refractivity contribution in [1.29, 1.82) is 0 Å². The van der Waals surface area contributed by atoms with Crippen molar-refractivity contribution in [2.45, 2.75) is 26.8 Å². The van der Waals surface area contributed by atoms with Crippen LogP contribution in [0.2, 0.25) is 0 Å². The van der Waals surface area contributed by atoms with Crippen LogP contribution >= 0.6 is 0 Å². The normalized spacial score (nSPS) is 10.2. The Morgan fingerprint density at radius 3 is 2.76 bits per heavy atom. The van der Waals surface area contributed by atoms with Crippen LogP contribution in [-0.2, 0) is 20.9 Å². The van der Waals surface area contributed by atoms with Gasteiger partial charge in [-0.3, -0.25) is 9.59 Å². The quantitative estimate of drug-likeness (QED) is 0.560. The summed E-state index contributed by atoms with van der Waals surface area (Å²) in [7, 11) is 0. The zero-order valence-corrected chi connectivity index (χ0v) is 12.4. The van der Waals surface area contributed by atoms with E-state index in [2.05, 4.69) is 10.6 Å². The van der Waals surface area contributed by atoms with E-state index in [9.17, 15) is 14.0 Å². The maximum Gasteiger partial charge on any atom is 0.307 e. The number of hydrogen-bond acceptors (Lipinski definition) is 4. The molecule has 1 amide bonds. The summed E-state index contributed by atoms with van der Waals surface area (Å²) in [6, 6.07) is 4.72. The molecule has 0 aliphatic rings. The number of halogens is 1. The van der Waals surface area contributed by atoms with Gasteiger partial charge in [-0.15, -0.1) is 0 Å². The van der Waals surface area contributed by atoms with Gasteiger partial charge in [0.05, 0.1) is 19.6 Å². The fourth-order valence-electron chi connectivity index (χ4n) is 1.71. The first-order valence-electron chi connectivity index (χ1n) is 6.91. The molecule has 1 aromatic rings. The van der Waals surface area contributed by atoms with E-state index in [0.29, 0.717) is 25.3 Å². The molecular formula is C15H21FN2O3. The highest BCUT2D eigenvalue weighted by Crippen LogP contribution is 2.08. The molecule has 0 saturated carbocycles. The highest BCUT2D eigenvalue weighted by Gasteiger charge is 2.04. The molecule has 0 unspecified atom stereocenters. The number of nitrogens with one attached hydrogen (secondary N) is 2. The van der Waals surface area contributed by atoms with Crippen molar-refractivity contribution in [3.05, 3.63) is 35.1 Å². The first-order chi connectivity index (χ1) is 10.0. The fraction of sp³-hybridized carbons (Fsp3) is 0.467. The van der Waals surface area contributed by atoms with Gasteiger partial charge in [-0.1, -0.05) is 12.1 Å². The monoisotopic (exact) mass is 296 g/mol. The molecule has 116 valence electrons. The highest BCUT2D eigenvalue weighted by molar-refractivity contribution is 5.78. The third-order valence-electron chi connectivity index (χ3n) is 2.81. The Bertz CT molecular complexity index is 492. The summed E-state index contributed by atoms with van der Waals surface area (Å²) in [4.78, 5) is 22.6. The van der Waals surface area contributed by atoms with Crippen molar-refractivity contribution in [2.75, 3.05) is 19.7 Å². The lowest BCUT2D eigenvalue weighted by Gasteiger charge is -2.07. The molecular weight excluding hydrogens is 275 g/mol. The molecule has 1 aromatic carbocycles. The molecule has 0 bridgehead atoms. The molecule has 0 atom stereocenters. The molecule has 0 spiro atoms. The molecule has 0 radical (unpaired) electrons. The molecule has 6 heteroatoms. The topological polar surface area (TPSA) is 67.4 Å². The van der Waals surface area contributed by atoms with E-state index in [4.69, 9.17) is 4.74 Å². The van der Waals surface area contributed by atoms with Crippen LogP contribution in [0.4, 0.5) is 4.39 Å². The van der Waals surface area contributed by atoms with Gasteiger partial charge >= 0.3 is 5.97 Å². The van der Waals surface area contributed by atoms with Gasteiger partial charge < -0.3 is 15.4 Å². The third kappa shape index (κ3) is 6.85. The van der Waals surface area contributed by atoms with Crippen LogP contribution in [0.5, 0.6) is 0 Å². The van der Waals surface area contributed by atoms with E-state index in [0.717, 1.165) is 5.56 Å². The van der Waals surface area contributed by atoms with E-state index >= 15 is 0 Å². The Morgan fingerprint density at radius 1 is 1.33 bits per heavy atom. The van der Waals surface area contributed by atoms with E-state index in [-0.39, 0.29) is 30.7 Å². The van der Waals surface area contributed by atoms with E-state index < -0.39 is 0 Å². The van der Waals surface area contributed by atoms with Gasteiger partial charge in [-0.2, -0.15) is 0 Å². The summed E-state index contributed by atoms with van der Waals surface area (Å²) in [5, 5.41) is 5.58. The number of benzene rings is 1. The zero-order valence-electron chi connectivity index (χ0n) is 12.4. The van der Waals surface area contributed by atoms with E-state index in [1.807, 2.05) is 0 Å². The number of carbonyl (C=O) groups excluding carboxylic acids is 2. The van der Waals surface area contributed by atoms with E-state index in [1.165, 1.54) is 6.07 Å². The standard InChI is InChI=1S/C15H21FN2O3/c1-3-21-15(20)6-7-17-10-14(19)18-9-12-4-5-13(16)11(2)8-12/h4-5,8,17H,3,6-7,9-10H2,1-2H3,(H,18,19). The Hall–Kier alpha value is -1.95. The number of amides is 1. The predicted molar refractivity (Wildman–Crippen MR) is 77.1 cm³/mol. The molecule has 0 saturated heterocycles. The summed E-state index contributed by atoms with van der Waals surface area (Å²) in [5.41, 5.74) is 1.39. The van der Waals surface area contributed by atoms with Gasteiger partial charge in [0.1, 0.15) is 5.82 Å². The van der Waals surface area contributed by atoms with Crippen molar-refractivity contribution >= 4 is 11.9 Å². The number of ether oxygens (including phenoxy) is 1. The minimum Gasteiger partial charge on any atom is -0.466 e. The van der Waals surface area contributed by atoms with Crippen molar-refractivity contribution in [3.8, 4) is 0 Å². The van der Waals surface area contributed by atoms with Gasteiger partial charge in [-0.25, -0.2) is 4.39 Å². The van der Waals surface area contributed by atoms with Crippen LogP contribution in [0.25, 0.3) is 0 Å². The van der Waals surface area contributed by atoms with Crippen LogP contribution < -0.4 is 10.6 Å². The Balaban J connectivity index is 2.19. The van der Waals surface area contributed by atoms with Gasteiger partial charge in [0.15, 0.2) is 0 Å².